The third kappa shape index (κ3) is 4.27. The molecule has 1 aromatic carbocycles. The van der Waals surface area contributed by atoms with E-state index in [-0.39, 0.29) is 11.8 Å². The number of H-pyrrole nitrogens is 1. The standard InChI is InChI=1S/C24H31N5O4/c1-14(2)23-25-15(3)11-20(27-23)28-7-9-29(10-8-28)24(30)17-12-16-18(31-4)13-19(32-5)22(33-6)21(16)26-17/h11-14,26H,7-10H2,1-6H3. The number of ether oxygens (including phenoxy) is 3. The summed E-state index contributed by atoms with van der Waals surface area (Å²) in [6.45, 7) is 8.80. The Morgan fingerprint density at radius 1 is 0.970 bits per heavy atom. The third-order valence-electron chi connectivity index (χ3n) is 5.94. The Morgan fingerprint density at radius 2 is 1.67 bits per heavy atom. The van der Waals surface area contributed by atoms with Gasteiger partial charge in [0, 0.05) is 55.3 Å². The molecule has 0 unspecified atom stereocenters. The number of carbonyl (C=O) groups is 1. The first-order chi connectivity index (χ1) is 15.9. The SMILES string of the molecule is COc1cc(OC)c2cc(C(=O)N3CCN(c4cc(C)nc(C(C)C)n4)CC3)[nH]c2c1OC. The molecule has 1 fully saturated rings. The molecule has 1 N–H and O–H groups in total. The maximum Gasteiger partial charge on any atom is 0.270 e. The molecule has 176 valence electrons. The highest BCUT2D eigenvalue weighted by Crippen LogP contribution is 2.41. The van der Waals surface area contributed by atoms with Crippen molar-refractivity contribution >= 4 is 22.6 Å². The number of methoxy groups -OCH3 is 3. The summed E-state index contributed by atoms with van der Waals surface area (Å²) in [4.78, 5) is 29.9. The molecule has 1 aliphatic rings. The van der Waals surface area contributed by atoms with Crippen molar-refractivity contribution in [3.63, 3.8) is 0 Å². The van der Waals surface area contributed by atoms with E-state index in [1.165, 1.54) is 0 Å². The number of nitrogens with zero attached hydrogens (tertiary/aromatic N) is 4. The summed E-state index contributed by atoms with van der Waals surface area (Å²) in [5.41, 5.74) is 2.12. The lowest BCUT2D eigenvalue weighted by Gasteiger charge is -2.35. The fourth-order valence-corrected chi connectivity index (χ4v) is 4.16. The molecule has 9 heteroatoms. The zero-order chi connectivity index (χ0) is 23.7. The molecule has 0 saturated carbocycles. The second kappa shape index (κ2) is 9.17. The van der Waals surface area contributed by atoms with Crippen LogP contribution >= 0.6 is 0 Å². The van der Waals surface area contributed by atoms with Crippen LogP contribution in [0.3, 0.4) is 0 Å². The molecule has 2 aromatic heterocycles. The predicted octanol–water partition coefficient (Wildman–Crippen LogP) is 3.38. The van der Waals surface area contributed by atoms with E-state index in [9.17, 15) is 4.79 Å². The van der Waals surface area contributed by atoms with Gasteiger partial charge < -0.3 is 29.0 Å². The van der Waals surface area contributed by atoms with E-state index < -0.39 is 0 Å². The van der Waals surface area contributed by atoms with Crippen molar-refractivity contribution in [2.45, 2.75) is 26.7 Å². The van der Waals surface area contributed by atoms with Crippen LogP contribution in [0.5, 0.6) is 17.2 Å². The summed E-state index contributed by atoms with van der Waals surface area (Å²) in [5.74, 6) is 3.67. The fourth-order valence-electron chi connectivity index (χ4n) is 4.16. The molecule has 4 rings (SSSR count). The van der Waals surface area contributed by atoms with Crippen LogP contribution in [0.15, 0.2) is 18.2 Å². The van der Waals surface area contributed by atoms with Crippen molar-refractivity contribution in [2.24, 2.45) is 0 Å². The molecule has 3 aromatic rings. The van der Waals surface area contributed by atoms with Crippen molar-refractivity contribution in [3.8, 4) is 17.2 Å². The lowest BCUT2D eigenvalue weighted by Crippen LogP contribution is -2.49. The second-order valence-electron chi connectivity index (χ2n) is 8.45. The molecule has 0 aliphatic carbocycles. The summed E-state index contributed by atoms with van der Waals surface area (Å²) in [6, 6.07) is 5.58. The number of carbonyl (C=O) groups excluding carboxylic acids is 1. The topological polar surface area (TPSA) is 92.8 Å². The summed E-state index contributed by atoms with van der Waals surface area (Å²) in [5, 5.41) is 0.773. The van der Waals surface area contributed by atoms with Crippen LogP contribution in [-0.4, -0.2) is 73.3 Å². The van der Waals surface area contributed by atoms with Gasteiger partial charge in [0.15, 0.2) is 11.5 Å². The lowest BCUT2D eigenvalue weighted by molar-refractivity contribution is 0.0741. The third-order valence-corrected chi connectivity index (χ3v) is 5.94. The Balaban J connectivity index is 1.55. The van der Waals surface area contributed by atoms with Gasteiger partial charge in [-0.3, -0.25) is 4.79 Å². The number of aromatic nitrogens is 3. The van der Waals surface area contributed by atoms with Gasteiger partial charge >= 0.3 is 0 Å². The number of hydrogen-bond acceptors (Lipinski definition) is 7. The largest absolute Gasteiger partial charge is 0.496 e. The van der Waals surface area contributed by atoms with Gasteiger partial charge in [-0.25, -0.2) is 9.97 Å². The number of benzene rings is 1. The first-order valence-corrected chi connectivity index (χ1v) is 11.1. The molecule has 1 saturated heterocycles. The van der Waals surface area contributed by atoms with E-state index >= 15 is 0 Å². The first-order valence-electron chi connectivity index (χ1n) is 11.1. The highest BCUT2D eigenvalue weighted by Gasteiger charge is 2.26. The van der Waals surface area contributed by atoms with Crippen LogP contribution in [-0.2, 0) is 0 Å². The minimum Gasteiger partial charge on any atom is -0.496 e. The highest BCUT2D eigenvalue weighted by molar-refractivity contribution is 6.02. The van der Waals surface area contributed by atoms with Crippen LogP contribution in [0.1, 0.15) is 41.8 Å². The summed E-state index contributed by atoms with van der Waals surface area (Å²) in [7, 11) is 4.74. The Bertz CT molecular complexity index is 1170. The monoisotopic (exact) mass is 453 g/mol. The number of aryl methyl sites for hydroxylation is 1. The number of piperazine rings is 1. The smallest absolute Gasteiger partial charge is 0.270 e. The quantitative estimate of drug-likeness (QED) is 0.612. The molecular formula is C24H31N5O4. The Morgan fingerprint density at radius 3 is 2.27 bits per heavy atom. The van der Waals surface area contributed by atoms with Gasteiger partial charge in [-0.15, -0.1) is 0 Å². The average Bonchev–Trinajstić information content (AvgIpc) is 3.27. The number of anilines is 1. The molecule has 3 heterocycles. The maximum absolute atomic E-state index is 13.3. The van der Waals surface area contributed by atoms with Crippen molar-refractivity contribution in [3.05, 3.63) is 35.4 Å². The molecule has 1 aliphatic heterocycles. The van der Waals surface area contributed by atoms with E-state index in [0.29, 0.717) is 54.6 Å². The zero-order valence-electron chi connectivity index (χ0n) is 20.1. The van der Waals surface area contributed by atoms with E-state index in [1.54, 1.807) is 27.4 Å². The van der Waals surface area contributed by atoms with Gasteiger partial charge in [-0.2, -0.15) is 0 Å². The molecule has 0 bridgehead atoms. The van der Waals surface area contributed by atoms with E-state index in [4.69, 9.17) is 19.2 Å². The summed E-state index contributed by atoms with van der Waals surface area (Å²) < 4.78 is 16.5. The summed E-state index contributed by atoms with van der Waals surface area (Å²) >= 11 is 0. The van der Waals surface area contributed by atoms with Crippen LogP contribution in [0.25, 0.3) is 10.9 Å². The highest BCUT2D eigenvalue weighted by atomic mass is 16.5. The number of amides is 1. The molecule has 1 amide bonds. The van der Waals surface area contributed by atoms with Crippen molar-refractivity contribution in [2.75, 3.05) is 52.4 Å². The van der Waals surface area contributed by atoms with Crippen molar-refractivity contribution in [1.29, 1.82) is 0 Å². The van der Waals surface area contributed by atoms with Gasteiger partial charge in [0.05, 0.1) is 26.8 Å². The maximum atomic E-state index is 13.3. The minimum absolute atomic E-state index is 0.0596. The number of hydrogen-bond donors (Lipinski definition) is 1. The van der Waals surface area contributed by atoms with E-state index in [0.717, 1.165) is 22.7 Å². The molecule has 0 spiro atoms. The molecule has 9 nitrogen and oxygen atoms in total. The molecule has 0 atom stereocenters. The Labute approximate surface area is 193 Å². The normalized spacial score (nSPS) is 14.2. The second-order valence-corrected chi connectivity index (χ2v) is 8.45. The summed E-state index contributed by atoms with van der Waals surface area (Å²) in [6.07, 6.45) is 0. The van der Waals surface area contributed by atoms with Gasteiger partial charge in [-0.1, -0.05) is 13.8 Å². The van der Waals surface area contributed by atoms with Crippen molar-refractivity contribution < 1.29 is 19.0 Å². The van der Waals surface area contributed by atoms with Crippen LogP contribution in [0.2, 0.25) is 0 Å². The van der Waals surface area contributed by atoms with Gasteiger partial charge in [0.25, 0.3) is 5.91 Å². The van der Waals surface area contributed by atoms with E-state index in [1.807, 2.05) is 24.0 Å². The van der Waals surface area contributed by atoms with Gasteiger partial charge in [-0.05, 0) is 13.0 Å². The fraction of sp³-hybridized carbons (Fsp3) is 0.458. The zero-order valence-corrected chi connectivity index (χ0v) is 20.1. The van der Waals surface area contributed by atoms with E-state index in [2.05, 4.69) is 28.7 Å². The molecule has 33 heavy (non-hydrogen) atoms. The van der Waals surface area contributed by atoms with Crippen LogP contribution in [0, 0.1) is 6.92 Å². The first kappa shape index (κ1) is 22.7. The predicted molar refractivity (Wildman–Crippen MR) is 127 cm³/mol. The lowest BCUT2D eigenvalue weighted by atomic mass is 10.2. The molecular weight excluding hydrogens is 422 g/mol. The van der Waals surface area contributed by atoms with Crippen LogP contribution in [0.4, 0.5) is 5.82 Å². The number of rotatable bonds is 6. The Kier molecular flexibility index (Phi) is 6.31. The number of fused-ring (bicyclic) bond motifs is 1. The van der Waals surface area contributed by atoms with Crippen LogP contribution < -0.4 is 19.1 Å². The average molecular weight is 454 g/mol. The van der Waals surface area contributed by atoms with Gasteiger partial charge in [0.2, 0.25) is 0 Å². The number of aromatic amines is 1. The minimum atomic E-state index is -0.0596. The Hall–Kier alpha value is -3.49. The van der Waals surface area contributed by atoms with Gasteiger partial charge in [0.1, 0.15) is 23.1 Å². The number of nitrogens with one attached hydrogen (secondary N) is 1. The molecule has 0 radical (unpaired) electrons. The van der Waals surface area contributed by atoms with Crippen molar-refractivity contribution in [1.82, 2.24) is 19.9 Å².